The quantitative estimate of drug-likeness (QED) is 0.765. The summed E-state index contributed by atoms with van der Waals surface area (Å²) in [7, 11) is 0. The minimum atomic E-state index is -0.331. The van der Waals surface area contributed by atoms with E-state index in [1.54, 1.807) is 17.7 Å². The van der Waals surface area contributed by atoms with Crippen molar-refractivity contribution in [2.45, 2.75) is 40.2 Å². The van der Waals surface area contributed by atoms with E-state index in [2.05, 4.69) is 17.3 Å². The van der Waals surface area contributed by atoms with Gasteiger partial charge in [-0.3, -0.25) is 9.48 Å². The number of rotatable bonds is 6. The number of nitrogens with zero attached hydrogens (tertiary/aromatic N) is 2. The molecule has 2 rings (SSSR count). The van der Waals surface area contributed by atoms with Crippen molar-refractivity contribution in [3.05, 3.63) is 52.1 Å². The molecule has 4 nitrogen and oxygen atoms in total. The van der Waals surface area contributed by atoms with Gasteiger partial charge in [0.2, 0.25) is 5.91 Å². The number of unbranched alkanes of at least 4 members (excludes halogenated alkanes) is 1. The highest BCUT2D eigenvalue weighted by Crippen LogP contribution is 2.22. The molecule has 6 heteroatoms. The molecule has 24 heavy (non-hydrogen) atoms. The van der Waals surface area contributed by atoms with Gasteiger partial charge in [0.15, 0.2) is 0 Å². The van der Waals surface area contributed by atoms with Gasteiger partial charge in [-0.05, 0) is 50.1 Å². The second-order valence-corrected chi connectivity index (χ2v) is 6.01. The van der Waals surface area contributed by atoms with Gasteiger partial charge in [0.25, 0.3) is 0 Å². The van der Waals surface area contributed by atoms with E-state index >= 15 is 0 Å². The van der Waals surface area contributed by atoms with Gasteiger partial charge in [-0.25, -0.2) is 4.39 Å². The van der Waals surface area contributed by atoms with Crippen LogP contribution in [-0.2, 0) is 11.3 Å². The average Bonchev–Trinajstić information content (AvgIpc) is 2.80. The number of amides is 1. The highest BCUT2D eigenvalue weighted by Gasteiger charge is 2.11. The lowest BCUT2D eigenvalue weighted by Gasteiger charge is -2.06. The Labute approximate surface area is 146 Å². The smallest absolute Gasteiger partial charge is 0.248 e. The Morgan fingerprint density at radius 1 is 1.42 bits per heavy atom. The minimum Gasteiger partial charge on any atom is -0.322 e. The standard InChI is InChI=1S/C18H21ClFN3O/c1-4-5-10-23-18(19)15(13(3)22-23)7-9-17(24)21-16-8-6-14(20)11-12(16)2/h6-9,11H,4-5,10H2,1-3H3,(H,21,24)/b9-7+. The Hall–Kier alpha value is -2.14. The Kier molecular flexibility index (Phi) is 6.15. The SMILES string of the molecule is CCCCn1nc(C)c(/C=C/C(=O)Nc2ccc(F)cc2C)c1Cl. The lowest BCUT2D eigenvalue weighted by Crippen LogP contribution is -2.09. The summed E-state index contributed by atoms with van der Waals surface area (Å²) in [5, 5.41) is 7.65. The number of benzene rings is 1. The Balaban J connectivity index is 2.10. The van der Waals surface area contributed by atoms with Gasteiger partial charge in [-0.1, -0.05) is 24.9 Å². The molecular formula is C18H21ClFN3O. The lowest BCUT2D eigenvalue weighted by molar-refractivity contribution is -0.111. The minimum absolute atomic E-state index is 0.304. The molecule has 0 spiro atoms. The molecule has 1 N–H and O–H groups in total. The summed E-state index contributed by atoms with van der Waals surface area (Å²) >= 11 is 6.33. The molecule has 0 aliphatic heterocycles. The van der Waals surface area contributed by atoms with Gasteiger partial charge in [0, 0.05) is 23.9 Å². The van der Waals surface area contributed by atoms with Crippen molar-refractivity contribution < 1.29 is 9.18 Å². The fourth-order valence-electron chi connectivity index (χ4n) is 2.31. The summed E-state index contributed by atoms with van der Waals surface area (Å²) in [5.41, 5.74) is 2.75. The summed E-state index contributed by atoms with van der Waals surface area (Å²) < 4.78 is 14.8. The van der Waals surface area contributed by atoms with Gasteiger partial charge in [0.1, 0.15) is 11.0 Å². The van der Waals surface area contributed by atoms with Crippen molar-refractivity contribution in [3.8, 4) is 0 Å². The number of halogens is 2. The monoisotopic (exact) mass is 349 g/mol. The summed E-state index contributed by atoms with van der Waals surface area (Å²) in [6.07, 6.45) is 5.11. The molecule has 0 aliphatic rings. The van der Waals surface area contributed by atoms with Crippen LogP contribution < -0.4 is 5.32 Å². The molecule has 0 fully saturated rings. The zero-order valence-electron chi connectivity index (χ0n) is 14.1. The van der Waals surface area contributed by atoms with Gasteiger partial charge in [-0.15, -0.1) is 0 Å². The lowest BCUT2D eigenvalue weighted by atomic mass is 10.2. The predicted octanol–water partition coefficient (Wildman–Crippen LogP) is 4.74. The normalized spacial score (nSPS) is 11.2. The fourth-order valence-corrected chi connectivity index (χ4v) is 2.64. The third-order valence-electron chi connectivity index (χ3n) is 3.68. The molecule has 128 valence electrons. The van der Waals surface area contributed by atoms with E-state index in [4.69, 9.17) is 11.6 Å². The van der Waals surface area contributed by atoms with Gasteiger partial charge in [-0.2, -0.15) is 5.10 Å². The molecule has 0 saturated carbocycles. The van der Waals surface area contributed by atoms with E-state index in [0.29, 0.717) is 16.4 Å². The van der Waals surface area contributed by atoms with Crippen LogP contribution in [0, 0.1) is 19.7 Å². The second kappa shape index (κ2) is 8.11. The molecule has 1 heterocycles. The van der Waals surface area contributed by atoms with Crippen LogP contribution in [0.2, 0.25) is 5.15 Å². The summed E-state index contributed by atoms with van der Waals surface area (Å²) in [5.74, 6) is -0.635. The van der Waals surface area contributed by atoms with Crippen LogP contribution in [0.25, 0.3) is 6.08 Å². The summed E-state index contributed by atoms with van der Waals surface area (Å²) in [4.78, 5) is 12.1. The van der Waals surface area contributed by atoms with Crippen molar-refractivity contribution in [2.24, 2.45) is 0 Å². The molecule has 0 aliphatic carbocycles. The number of anilines is 1. The van der Waals surface area contributed by atoms with Crippen molar-refractivity contribution >= 4 is 29.3 Å². The fraction of sp³-hybridized carbons (Fsp3) is 0.333. The van der Waals surface area contributed by atoms with Crippen LogP contribution in [0.5, 0.6) is 0 Å². The van der Waals surface area contributed by atoms with Crippen molar-refractivity contribution in [1.82, 2.24) is 9.78 Å². The van der Waals surface area contributed by atoms with Crippen LogP contribution >= 0.6 is 11.6 Å². The first-order valence-electron chi connectivity index (χ1n) is 7.90. The molecular weight excluding hydrogens is 329 g/mol. The molecule has 1 aromatic heterocycles. The van der Waals surface area contributed by atoms with E-state index in [1.807, 2.05) is 6.92 Å². The number of carbonyl (C=O) groups is 1. The first-order chi connectivity index (χ1) is 11.4. The number of hydrogen-bond donors (Lipinski definition) is 1. The van der Waals surface area contributed by atoms with E-state index in [1.165, 1.54) is 24.3 Å². The molecule has 0 saturated heterocycles. The largest absolute Gasteiger partial charge is 0.322 e. The van der Waals surface area contributed by atoms with Crippen LogP contribution in [0.1, 0.15) is 36.6 Å². The predicted molar refractivity (Wildman–Crippen MR) is 95.7 cm³/mol. The van der Waals surface area contributed by atoms with Crippen LogP contribution in [-0.4, -0.2) is 15.7 Å². The average molecular weight is 350 g/mol. The number of carbonyl (C=O) groups excluding carboxylic acids is 1. The topological polar surface area (TPSA) is 46.9 Å². The third-order valence-corrected chi connectivity index (χ3v) is 4.08. The molecule has 0 bridgehead atoms. The van der Waals surface area contributed by atoms with Crippen LogP contribution in [0.3, 0.4) is 0 Å². The van der Waals surface area contributed by atoms with Gasteiger partial charge >= 0.3 is 0 Å². The summed E-state index contributed by atoms with van der Waals surface area (Å²) in [6.45, 7) is 6.45. The van der Waals surface area contributed by atoms with E-state index in [9.17, 15) is 9.18 Å². The second-order valence-electron chi connectivity index (χ2n) is 5.65. The summed E-state index contributed by atoms with van der Waals surface area (Å²) in [6, 6.07) is 4.22. The van der Waals surface area contributed by atoms with E-state index < -0.39 is 0 Å². The van der Waals surface area contributed by atoms with Crippen LogP contribution in [0.15, 0.2) is 24.3 Å². The third kappa shape index (κ3) is 4.45. The number of aryl methyl sites for hydroxylation is 3. The highest BCUT2D eigenvalue weighted by molar-refractivity contribution is 6.31. The maximum Gasteiger partial charge on any atom is 0.248 e. The Morgan fingerprint density at radius 2 is 2.17 bits per heavy atom. The van der Waals surface area contributed by atoms with Crippen molar-refractivity contribution in [1.29, 1.82) is 0 Å². The van der Waals surface area contributed by atoms with Gasteiger partial charge < -0.3 is 5.32 Å². The first-order valence-corrected chi connectivity index (χ1v) is 8.28. The van der Waals surface area contributed by atoms with Gasteiger partial charge in [0.05, 0.1) is 5.69 Å². The van der Waals surface area contributed by atoms with E-state index in [0.717, 1.165) is 30.6 Å². The maximum atomic E-state index is 13.1. The van der Waals surface area contributed by atoms with Crippen molar-refractivity contribution in [2.75, 3.05) is 5.32 Å². The molecule has 0 radical (unpaired) electrons. The molecule has 1 amide bonds. The first kappa shape index (κ1) is 18.2. The van der Waals surface area contributed by atoms with Crippen LogP contribution in [0.4, 0.5) is 10.1 Å². The van der Waals surface area contributed by atoms with Crippen molar-refractivity contribution in [3.63, 3.8) is 0 Å². The zero-order chi connectivity index (χ0) is 17.7. The van der Waals surface area contributed by atoms with E-state index in [-0.39, 0.29) is 11.7 Å². The molecule has 0 unspecified atom stereocenters. The number of hydrogen-bond acceptors (Lipinski definition) is 2. The Bertz CT molecular complexity index is 768. The molecule has 2 aromatic rings. The Morgan fingerprint density at radius 3 is 2.83 bits per heavy atom. The number of nitrogens with one attached hydrogen (secondary N) is 1. The zero-order valence-corrected chi connectivity index (χ0v) is 14.8. The maximum absolute atomic E-state index is 13.1. The highest BCUT2D eigenvalue weighted by atomic mass is 35.5. The molecule has 1 aromatic carbocycles. The molecule has 0 atom stereocenters. The number of aromatic nitrogens is 2.